The van der Waals surface area contributed by atoms with Gasteiger partial charge in [0.15, 0.2) is 0 Å². The molecule has 0 aromatic heterocycles. The van der Waals surface area contributed by atoms with Gasteiger partial charge in [-0.1, -0.05) is 64.2 Å². The first-order chi connectivity index (χ1) is 7.81. The van der Waals surface area contributed by atoms with Crippen LogP contribution in [0.1, 0.15) is 71.6 Å². The van der Waals surface area contributed by atoms with E-state index in [0.717, 1.165) is 12.3 Å². The third-order valence-electron chi connectivity index (χ3n) is 3.02. The van der Waals surface area contributed by atoms with E-state index in [1.165, 1.54) is 51.4 Å². The maximum Gasteiger partial charge on any atom is -0.0259 e. The van der Waals surface area contributed by atoms with Crippen molar-refractivity contribution in [3.05, 3.63) is 24.8 Å². The summed E-state index contributed by atoms with van der Waals surface area (Å²) in [6.45, 7) is 8.32. The Kier molecular flexibility index (Phi) is 12.1. The molecule has 0 rings (SSSR count). The highest BCUT2D eigenvalue weighted by molar-refractivity contribution is 4.87. The van der Waals surface area contributed by atoms with Gasteiger partial charge in [0, 0.05) is 0 Å². The second kappa shape index (κ2) is 12.5. The van der Waals surface area contributed by atoms with Crippen LogP contribution in [0.15, 0.2) is 24.8 Å². The Labute approximate surface area is 103 Å². The van der Waals surface area contributed by atoms with E-state index in [4.69, 9.17) is 0 Å². The Balaban J connectivity index is 3.22. The zero-order chi connectivity index (χ0) is 12.1. The highest BCUT2D eigenvalue weighted by Gasteiger charge is 1.94. The van der Waals surface area contributed by atoms with E-state index in [0.29, 0.717) is 0 Å². The molecule has 0 aliphatic carbocycles. The molecule has 0 aromatic rings. The minimum atomic E-state index is 0.720. The van der Waals surface area contributed by atoms with Gasteiger partial charge in [0.05, 0.1) is 0 Å². The molecular weight excluding hydrogens is 192 g/mol. The fourth-order valence-corrected chi connectivity index (χ4v) is 1.85. The van der Waals surface area contributed by atoms with Crippen molar-refractivity contribution in [3.63, 3.8) is 0 Å². The third kappa shape index (κ3) is 11.6. The highest BCUT2D eigenvalue weighted by atomic mass is 14.0. The molecule has 0 bridgehead atoms. The molecule has 0 heterocycles. The number of rotatable bonds is 11. The summed E-state index contributed by atoms with van der Waals surface area (Å²) in [6, 6.07) is 0. The molecule has 0 amide bonds. The van der Waals surface area contributed by atoms with Crippen molar-refractivity contribution in [2.45, 2.75) is 71.6 Å². The first-order valence-electron chi connectivity index (χ1n) is 7.08. The molecule has 0 fully saturated rings. The van der Waals surface area contributed by atoms with Gasteiger partial charge in [0.25, 0.3) is 0 Å². The van der Waals surface area contributed by atoms with Crippen molar-refractivity contribution < 1.29 is 0 Å². The molecule has 94 valence electrons. The lowest BCUT2D eigenvalue weighted by molar-refractivity contribution is 0.608. The number of unbranched alkanes of at least 4 members (excludes halogenated alkanes) is 6. The Morgan fingerprint density at radius 2 is 1.69 bits per heavy atom. The summed E-state index contributed by atoms with van der Waals surface area (Å²) in [7, 11) is 0. The zero-order valence-electron chi connectivity index (χ0n) is 11.4. The second-order valence-corrected chi connectivity index (χ2v) is 4.83. The minimum absolute atomic E-state index is 0.720. The lowest BCUT2D eigenvalue weighted by atomic mass is 10.0. The fourth-order valence-electron chi connectivity index (χ4n) is 1.85. The van der Waals surface area contributed by atoms with Crippen LogP contribution in [0, 0.1) is 5.92 Å². The molecule has 0 heteroatoms. The topological polar surface area (TPSA) is 0 Å². The largest absolute Gasteiger partial charge is 0.103 e. The molecule has 0 saturated carbocycles. The molecule has 0 spiro atoms. The van der Waals surface area contributed by atoms with E-state index in [9.17, 15) is 0 Å². The fraction of sp³-hybridized carbons (Fsp3) is 0.750. The van der Waals surface area contributed by atoms with Crippen molar-refractivity contribution in [3.8, 4) is 0 Å². The van der Waals surface area contributed by atoms with Crippen molar-refractivity contribution >= 4 is 0 Å². The molecule has 0 nitrogen and oxygen atoms in total. The Morgan fingerprint density at radius 3 is 2.38 bits per heavy atom. The van der Waals surface area contributed by atoms with E-state index in [2.05, 4.69) is 32.6 Å². The molecule has 1 atom stereocenters. The van der Waals surface area contributed by atoms with Crippen LogP contribution in [0.2, 0.25) is 0 Å². The highest BCUT2D eigenvalue weighted by Crippen LogP contribution is 2.10. The van der Waals surface area contributed by atoms with Gasteiger partial charge in [-0.25, -0.2) is 0 Å². The van der Waals surface area contributed by atoms with E-state index in [1.807, 2.05) is 6.08 Å². The summed E-state index contributed by atoms with van der Waals surface area (Å²) in [5.41, 5.74) is 0. The summed E-state index contributed by atoms with van der Waals surface area (Å²) in [5.74, 6) is 0.720. The maximum atomic E-state index is 3.75. The lowest BCUT2D eigenvalue weighted by Gasteiger charge is -2.02. The Bertz CT molecular complexity index is 167. The Hall–Kier alpha value is -0.520. The summed E-state index contributed by atoms with van der Waals surface area (Å²) < 4.78 is 0. The molecule has 0 aliphatic heterocycles. The van der Waals surface area contributed by atoms with Crippen LogP contribution in [0.25, 0.3) is 0 Å². The molecular formula is C16H30. The molecule has 0 aromatic carbocycles. The Morgan fingerprint density at radius 1 is 1.00 bits per heavy atom. The molecule has 0 aliphatic rings. The van der Waals surface area contributed by atoms with Gasteiger partial charge in [-0.2, -0.15) is 0 Å². The van der Waals surface area contributed by atoms with E-state index in [-0.39, 0.29) is 0 Å². The van der Waals surface area contributed by atoms with Crippen molar-refractivity contribution in [1.29, 1.82) is 0 Å². The van der Waals surface area contributed by atoms with Gasteiger partial charge in [0.2, 0.25) is 0 Å². The third-order valence-corrected chi connectivity index (χ3v) is 3.02. The predicted octanol–water partition coefficient (Wildman–Crippen LogP) is 5.90. The van der Waals surface area contributed by atoms with Crippen molar-refractivity contribution in [2.75, 3.05) is 0 Å². The SMILES string of the molecule is C=CCCC(C)C=CCCCCCCCC. The van der Waals surface area contributed by atoms with Crippen LogP contribution >= 0.6 is 0 Å². The smallest absolute Gasteiger partial charge is 0.0259 e. The number of hydrogen-bond donors (Lipinski definition) is 0. The van der Waals surface area contributed by atoms with Crippen LogP contribution in [-0.4, -0.2) is 0 Å². The van der Waals surface area contributed by atoms with Crippen LogP contribution < -0.4 is 0 Å². The van der Waals surface area contributed by atoms with Gasteiger partial charge >= 0.3 is 0 Å². The van der Waals surface area contributed by atoms with Gasteiger partial charge < -0.3 is 0 Å². The molecule has 16 heavy (non-hydrogen) atoms. The summed E-state index contributed by atoms with van der Waals surface area (Å²) in [5, 5.41) is 0. The van der Waals surface area contributed by atoms with E-state index >= 15 is 0 Å². The van der Waals surface area contributed by atoms with Gasteiger partial charge in [-0.15, -0.1) is 6.58 Å². The zero-order valence-corrected chi connectivity index (χ0v) is 11.4. The lowest BCUT2D eigenvalue weighted by Crippen LogP contribution is -1.87. The monoisotopic (exact) mass is 222 g/mol. The van der Waals surface area contributed by atoms with Gasteiger partial charge in [0.1, 0.15) is 0 Å². The average molecular weight is 222 g/mol. The second-order valence-electron chi connectivity index (χ2n) is 4.83. The normalized spacial score (nSPS) is 13.1. The molecule has 0 saturated heterocycles. The van der Waals surface area contributed by atoms with Crippen LogP contribution in [0.5, 0.6) is 0 Å². The predicted molar refractivity (Wildman–Crippen MR) is 75.7 cm³/mol. The maximum absolute atomic E-state index is 3.75. The quantitative estimate of drug-likeness (QED) is 0.302. The summed E-state index contributed by atoms with van der Waals surface area (Å²) in [4.78, 5) is 0. The van der Waals surface area contributed by atoms with E-state index < -0.39 is 0 Å². The van der Waals surface area contributed by atoms with Crippen molar-refractivity contribution in [1.82, 2.24) is 0 Å². The summed E-state index contributed by atoms with van der Waals surface area (Å²) >= 11 is 0. The van der Waals surface area contributed by atoms with E-state index in [1.54, 1.807) is 0 Å². The average Bonchev–Trinajstić information content (AvgIpc) is 2.30. The first-order valence-corrected chi connectivity index (χ1v) is 7.08. The van der Waals surface area contributed by atoms with Crippen LogP contribution in [0.3, 0.4) is 0 Å². The molecule has 0 radical (unpaired) electrons. The van der Waals surface area contributed by atoms with Crippen LogP contribution in [-0.2, 0) is 0 Å². The molecule has 0 N–H and O–H groups in total. The van der Waals surface area contributed by atoms with Crippen molar-refractivity contribution in [2.24, 2.45) is 5.92 Å². The van der Waals surface area contributed by atoms with Crippen LogP contribution in [0.4, 0.5) is 0 Å². The first kappa shape index (κ1) is 15.5. The summed E-state index contributed by atoms with van der Waals surface area (Å²) in [6.07, 6.45) is 18.8. The minimum Gasteiger partial charge on any atom is -0.103 e. The molecule has 1 unspecified atom stereocenters. The number of allylic oxidation sites excluding steroid dienone is 3. The standard InChI is InChI=1S/C16H30/c1-4-6-8-9-10-11-12-13-15-16(3)14-7-5-2/h5,13,15-16H,2,4,6-12,14H2,1,3H3. The number of hydrogen-bond acceptors (Lipinski definition) is 0. The van der Waals surface area contributed by atoms with Gasteiger partial charge in [-0.05, 0) is 31.6 Å². The van der Waals surface area contributed by atoms with Gasteiger partial charge in [-0.3, -0.25) is 0 Å².